The van der Waals surface area contributed by atoms with Crippen LogP contribution in [0.1, 0.15) is 22.6 Å². The quantitative estimate of drug-likeness (QED) is 0.864. The van der Waals surface area contributed by atoms with Gasteiger partial charge in [0.1, 0.15) is 0 Å². The van der Waals surface area contributed by atoms with E-state index in [1.54, 1.807) is 13.2 Å². The Labute approximate surface area is 97.8 Å². The lowest BCUT2D eigenvalue weighted by Gasteiger charge is -2.26. The van der Waals surface area contributed by atoms with Gasteiger partial charge in [0.25, 0.3) is 0 Å². The molecule has 0 aliphatic carbocycles. The Bertz CT molecular complexity index is 403. The number of hydrogen-bond donors (Lipinski definition) is 1. The summed E-state index contributed by atoms with van der Waals surface area (Å²) in [5.41, 5.74) is 1.09. The van der Waals surface area contributed by atoms with Crippen LogP contribution in [0.2, 0.25) is 0 Å². The van der Waals surface area contributed by atoms with Crippen molar-refractivity contribution in [3.63, 3.8) is 0 Å². The summed E-state index contributed by atoms with van der Waals surface area (Å²) in [6.45, 7) is 1.75. The predicted octanol–water partition coefficient (Wildman–Crippen LogP) is 2.54. The molecule has 0 fully saturated rings. The molecule has 0 aromatic heterocycles. The minimum absolute atomic E-state index is 0.131. The lowest BCUT2D eigenvalue weighted by atomic mass is 9.90. The molecule has 1 aliphatic heterocycles. The molecular formula is C12H14F3NO. The highest BCUT2D eigenvalue weighted by molar-refractivity contribution is 5.37. The number of nitrogens with one attached hydrogen (secondary N) is 1. The molecule has 0 bridgehead atoms. The van der Waals surface area contributed by atoms with Gasteiger partial charge in [-0.25, -0.2) is 0 Å². The number of methoxy groups -OCH3 is 1. The second kappa shape index (κ2) is 4.66. The van der Waals surface area contributed by atoms with Gasteiger partial charge in [0.2, 0.25) is 0 Å². The summed E-state index contributed by atoms with van der Waals surface area (Å²) < 4.78 is 42.7. The molecule has 1 aromatic carbocycles. The first kappa shape index (κ1) is 12.4. The maximum Gasteiger partial charge on any atom is 0.416 e. The van der Waals surface area contributed by atoms with E-state index in [0.29, 0.717) is 18.7 Å². The Hall–Kier alpha value is -1.07. The molecule has 1 atom stereocenters. The van der Waals surface area contributed by atoms with E-state index in [0.717, 1.165) is 18.2 Å². The summed E-state index contributed by atoms with van der Waals surface area (Å²) in [7, 11) is 1.60. The number of ether oxygens (including phenoxy) is 1. The van der Waals surface area contributed by atoms with Gasteiger partial charge in [0.05, 0.1) is 12.2 Å². The van der Waals surface area contributed by atoms with Crippen molar-refractivity contribution in [1.29, 1.82) is 0 Å². The van der Waals surface area contributed by atoms with Gasteiger partial charge in [0.15, 0.2) is 0 Å². The molecule has 2 rings (SSSR count). The molecule has 0 saturated carbocycles. The van der Waals surface area contributed by atoms with Crippen LogP contribution in [0.4, 0.5) is 13.2 Å². The minimum Gasteiger partial charge on any atom is -0.384 e. The predicted molar refractivity (Wildman–Crippen MR) is 57.8 cm³/mol. The molecule has 0 saturated heterocycles. The van der Waals surface area contributed by atoms with Crippen molar-refractivity contribution in [2.75, 3.05) is 20.3 Å². The van der Waals surface area contributed by atoms with Crippen LogP contribution in [0.3, 0.4) is 0 Å². The lowest BCUT2D eigenvalue weighted by Crippen LogP contribution is -2.30. The Kier molecular flexibility index (Phi) is 3.40. The van der Waals surface area contributed by atoms with E-state index in [2.05, 4.69) is 5.32 Å². The molecule has 1 unspecified atom stereocenters. The Morgan fingerprint density at radius 2 is 2.18 bits per heavy atom. The summed E-state index contributed by atoms with van der Waals surface area (Å²) in [6.07, 6.45) is -4.27. The van der Waals surface area contributed by atoms with Crippen molar-refractivity contribution >= 4 is 0 Å². The molecule has 1 heterocycles. The molecule has 0 radical (unpaired) electrons. The first-order chi connectivity index (χ1) is 8.02. The summed E-state index contributed by atoms with van der Waals surface area (Å²) in [6, 6.07) is 3.94. The van der Waals surface area contributed by atoms with Crippen LogP contribution in [0.15, 0.2) is 18.2 Å². The maximum absolute atomic E-state index is 12.6. The van der Waals surface area contributed by atoms with E-state index >= 15 is 0 Å². The molecule has 0 spiro atoms. The van der Waals surface area contributed by atoms with Crippen LogP contribution in [-0.4, -0.2) is 20.3 Å². The smallest absolute Gasteiger partial charge is 0.384 e. The zero-order valence-corrected chi connectivity index (χ0v) is 9.47. The van der Waals surface area contributed by atoms with E-state index in [9.17, 15) is 13.2 Å². The SMILES string of the molecule is COCC1CNCc2cc(C(F)(F)F)ccc21. The first-order valence-electron chi connectivity index (χ1n) is 5.42. The number of hydrogen-bond acceptors (Lipinski definition) is 2. The van der Waals surface area contributed by atoms with E-state index in [1.165, 1.54) is 6.07 Å². The van der Waals surface area contributed by atoms with Gasteiger partial charge < -0.3 is 10.1 Å². The number of alkyl halides is 3. The van der Waals surface area contributed by atoms with Crippen molar-refractivity contribution in [3.8, 4) is 0 Å². The van der Waals surface area contributed by atoms with Crippen molar-refractivity contribution in [1.82, 2.24) is 5.32 Å². The second-order valence-electron chi connectivity index (χ2n) is 4.19. The Morgan fingerprint density at radius 1 is 1.41 bits per heavy atom. The molecule has 2 nitrogen and oxygen atoms in total. The number of rotatable bonds is 2. The van der Waals surface area contributed by atoms with Crippen LogP contribution in [-0.2, 0) is 17.5 Å². The van der Waals surface area contributed by atoms with E-state index in [4.69, 9.17) is 4.74 Å². The fraction of sp³-hybridized carbons (Fsp3) is 0.500. The van der Waals surface area contributed by atoms with Gasteiger partial charge in [-0.3, -0.25) is 0 Å². The van der Waals surface area contributed by atoms with Crippen LogP contribution >= 0.6 is 0 Å². The standard InChI is InChI=1S/C12H14F3NO/c1-17-7-9-6-16-5-8-4-10(12(13,14)15)2-3-11(8)9/h2-4,9,16H,5-7H2,1H3. The lowest BCUT2D eigenvalue weighted by molar-refractivity contribution is -0.137. The summed E-state index contributed by atoms with van der Waals surface area (Å²) in [5, 5.41) is 3.11. The molecule has 17 heavy (non-hydrogen) atoms. The van der Waals surface area contributed by atoms with Crippen molar-refractivity contribution in [2.24, 2.45) is 0 Å². The van der Waals surface area contributed by atoms with Crippen LogP contribution in [0.25, 0.3) is 0 Å². The average Bonchev–Trinajstić information content (AvgIpc) is 2.28. The summed E-state index contributed by atoms with van der Waals surface area (Å²) in [4.78, 5) is 0. The molecule has 1 aliphatic rings. The molecule has 94 valence electrons. The third-order valence-corrected chi connectivity index (χ3v) is 2.98. The van der Waals surface area contributed by atoms with Gasteiger partial charge in [0, 0.05) is 26.1 Å². The zero-order valence-electron chi connectivity index (χ0n) is 9.47. The molecule has 5 heteroatoms. The van der Waals surface area contributed by atoms with E-state index < -0.39 is 11.7 Å². The Morgan fingerprint density at radius 3 is 2.82 bits per heavy atom. The molecule has 0 amide bonds. The highest BCUT2D eigenvalue weighted by Gasteiger charge is 2.32. The van der Waals surface area contributed by atoms with Crippen molar-refractivity contribution in [2.45, 2.75) is 18.6 Å². The van der Waals surface area contributed by atoms with Gasteiger partial charge >= 0.3 is 6.18 Å². The van der Waals surface area contributed by atoms with Gasteiger partial charge in [-0.2, -0.15) is 13.2 Å². The first-order valence-corrected chi connectivity index (χ1v) is 5.42. The largest absolute Gasteiger partial charge is 0.416 e. The molecule has 1 aromatic rings. The maximum atomic E-state index is 12.6. The third-order valence-electron chi connectivity index (χ3n) is 2.98. The molecular weight excluding hydrogens is 231 g/mol. The number of halogens is 3. The zero-order chi connectivity index (χ0) is 12.5. The third kappa shape index (κ3) is 2.61. The highest BCUT2D eigenvalue weighted by atomic mass is 19.4. The fourth-order valence-electron chi connectivity index (χ4n) is 2.17. The minimum atomic E-state index is -4.27. The number of benzene rings is 1. The van der Waals surface area contributed by atoms with Crippen LogP contribution in [0, 0.1) is 0 Å². The highest BCUT2D eigenvalue weighted by Crippen LogP contribution is 2.33. The fourth-order valence-corrected chi connectivity index (χ4v) is 2.17. The van der Waals surface area contributed by atoms with Crippen molar-refractivity contribution < 1.29 is 17.9 Å². The monoisotopic (exact) mass is 245 g/mol. The summed E-state index contributed by atoms with van der Waals surface area (Å²) >= 11 is 0. The van der Waals surface area contributed by atoms with Gasteiger partial charge in [-0.1, -0.05) is 6.07 Å². The Balaban J connectivity index is 2.33. The average molecular weight is 245 g/mol. The van der Waals surface area contributed by atoms with Crippen LogP contribution in [0.5, 0.6) is 0 Å². The number of fused-ring (bicyclic) bond motifs is 1. The molecule has 1 N–H and O–H groups in total. The van der Waals surface area contributed by atoms with E-state index in [-0.39, 0.29) is 5.92 Å². The topological polar surface area (TPSA) is 21.3 Å². The van der Waals surface area contributed by atoms with Crippen molar-refractivity contribution in [3.05, 3.63) is 34.9 Å². The van der Waals surface area contributed by atoms with E-state index in [1.807, 2.05) is 0 Å². The second-order valence-corrected chi connectivity index (χ2v) is 4.19. The summed E-state index contributed by atoms with van der Waals surface area (Å²) in [5.74, 6) is 0.131. The van der Waals surface area contributed by atoms with Crippen LogP contribution < -0.4 is 5.32 Å². The van der Waals surface area contributed by atoms with Gasteiger partial charge in [-0.15, -0.1) is 0 Å². The normalized spacial score (nSPS) is 20.1. The van der Waals surface area contributed by atoms with Gasteiger partial charge in [-0.05, 0) is 23.3 Å².